The van der Waals surface area contributed by atoms with Gasteiger partial charge in [-0.05, 0) is 12.0 Å². The molecule has 0 aliphatic heterocycles. The van der Waals surface area contributed by atoms with Gasteiger partial charge in [-0.1, -0.05) is 23.3 Å². The lowest BCUT2D eigenvalue weighted by Crippen LogP contribution is -2.04. The molecule has 0 saturated heterocycles. The Kier molecular flexibility index (Phi) is 8.62. The van der Waals surface area contributed by atoms with Crippen LogP contribution in [0.5, 0.6) is 0 Å². The molecule has 0 aliphatic rings. The number of rotatable bonds is 7. The maximum atomic E-state index is 10.2. The molecule has 0 bridgehead atoms. The summed E-state index contributed by atoms with van der Waals surface area (Å²) in [6.45, 7) is 1.76. The van der Waals surface area contributed by atoms with Gasteiger partial charge in [0.1, 0.15) is 19.2 Å². The summed E-state index contributed by atoms with van der Waals surface area (Å²) in [5.74, 6) is -0.149. The highest BCUT2D eigenvalue weighted by Gasteiger charge is 2.06. The Labute approximate surface area is 113 Å². The molecule has 2 atom stereocenters. The van der Waals surface area contributed by atoms with E-state index in [9.17, 15) is 4.21 Å². The molecule has 1 N–H and O–H groups in total. The summed E-state index contributed by atoms with van der Waals surface area (Å²) < 4.78 is 22.6. The molecule has 2 unspecified atom stereocenters. The summed E-state index contributed by atoms with van der Waals surface area (Å²) in [6, 6.07) is 3.55. The number of nitriles is 2. The summed E-state index contributed by atoms with van der Waals surface area (Å²) in [6.07, 6.45) is 3.26. The second-order valence-electron chi connectivity index (χ2n) is 3.25. The summed E-state index contributed by atoms with van der Waals surface area (Å²) in [5.41, 5.74) is 0.0410. The van der Waals surface area contributed by atoms with E-state index in [0.29, 0.717) is 0 Å². The Bertz CT molecular complexity index is 487. The van der Waals surface area contributed by atoms with Gasteiger partial charge >= 0.3 is 11.4 Å². The van der Waals surface area contributed by atoms with Crippen LogP contribution in [0.25, 0.3) is 0 Å². The van der Waals surface area contributed by atoms with Crippen LogP contribution in [0.3, 0.4) is 0 Å². The van der Waals surface area contributed by atoms with Crippen molar-refractivity contribution in [2.24, 2.45) is 16.2 Å². The predicted octanol–water partition coefficient (Wildman–Crippen LogP) is 1.13. The molecule has 0 aromatic rings. The number of allylic oxidation sites excluding steroid dienone is 2. The molecule has 102 valence electrons. The first-order chi connectivity index (χ1) is 9.03. The van der Waals surface area contributed by atoms with Crippen LogP contribution >= 0.6 is 0 Å². The van der Waals surface area contributed by atoms with E-state index >= 15 is 0 Å². The highest BCUT2D eigenvalue weighted by Crippen LogP contribution is 2.06. The smallest absolute Gasteiger partial charge is 0.378 e. The summed E-state index contributed by atoms with van der Waals surface area (Å²) in [5, 5.41) is 24.1. The molecule has 0 aliphatic carbocycles. The molecule has 8 nitrogen and oxygen atoms in total. The van der Waals surface area contributed by atoms with E-state index in [1.807, 2.05) is 6.07 Å². The molecule has 0 radical (unpaired) electrons. The summed E-state index contributed by atoms with van der Waals surface area (Å²) in [4.78, 5) is 4.45. The fourth-order valence-electron chi connectivity index (χ4n) is 0.995. The van der Waals surface area contributed by atoms with Crippen molar-refractivity contribution < 1.29 is 17.9 Å². The Balaban J connectivity index is 4.57. The van der Waals surface area contributed by atoms with E-state index in [4.69, 9.17) is 15.1 Å². The molecule has 0 amide bonds. The molecule has 0 aromatic heterocycles. The van der Waals surface area contributed by atoms with Crippen LogP contribution in [0.1, 0.15) is 13.3 Å². The second kappa shape index (κ2) is 9.76. The normalized spacial score (nSPS) is 15.4. The van der Waals surface area contributed by atoms with Gasteiger partial charge in [-0.15, -0.1) is 0 Å². The Hall–Kier alpha value is -2.23. The first kappa shape index (κ1) is 16.8. The van der Waals surface area contributed by atoms with E-state index in [0.717, 1.165) is 0 Å². The fraction of sp³-hybridized carbons (Fsp3) is 0.400. The highest BCUT2D eigenvalue weighted by atomic mass is 32.2. The Morgan fingerprint density at radius 2 is 2.16 bits per heavy atom. The van der Waals surface area contributed by atoms with Crippen molar-refractivity contribution >= 4 is 22.8 Å². The lowest BCUT2D eigenvalue weighted by molar-refractivity contribution is 0.214. The van der Waals surface area contributed by atoms with Crippen molar-refractivity contribution in [3.8, 4) is 12.1 Å². The molecular formula is C10H12N4O4S. The molecule has 0 saturated carbocycles. The summed E-state index contributed by atoms with van der Waals surface area (Å²) >= 11 is -2.55. The van der Waals surface area contributed by atoms with E-state index < -0.39 is 11.4 Å². The highest BCUT2D eigenvalue weighted by molar-refractivity contribution is 7.74. The van der Waals surface area contributed by atoms with Gasteiger partial charge in [0.25, 0.3) is 0 Å². The quantitative estimate of drug-likeness (QED) is 0.424. The third kappa shape index (κ3) is 8.49. The van der Waals surface area contributed by atoms with Crippen molar-refractivity contribution in [3.63, 3.8) is 0 Å². The standard InChI is InChI=1S/C10H12N4O4S/c1-8(3-4-9(6-11)13-17-2)5-10(7-12)14-18-19(15)16/h3-4,8H,5H2,1-2H3,(H,15,16)/b4-3+,13-9?,14-10?. The average Bonchev–Trinajstić information content (AvgIpc) is 2.39. The van der Waals surface area contributed by atoms with Crippen LogP contribution in [0.15, 0.2) is 22.5 Å². The van der Waals surface area contributed by atoms with E-state index in [1.54, 1.807) is 19.1 Å². The number of oxime groups is 2. The largest absolute Gasteiger partial charge is 0.398 e. The maximum Gasteiger partial charge on any atom is 0.378 e. The van der Waals surface area contributed by atoms with Crippen molar-refractivity contribution in [3.05, 3.63) is 12.2 Å². The van der Waals surface area contributed by atoms with Crippen molar-refractivity contribution in [1.82, 2.24) is 0 Å². The van der Waals surface area contributed by atoms with Gasteiger partial charge in [-0.25, -0.2) is 0 Å². The molecule has 9 heteroatoms. The topological polar surface area (TPSA) is 128 Å². The van der Waals surface area contributed by atoms with Crippen LogP contribution in [0.4, 0.5) is 0 Å². The zero-order chi connectivity index (χ0) is 14.7. The lowest BCUT2D eigenvalue weighted by Gasteiger charge is -2.02. The minimum atomic E-state index is -2.55. The Morgan fingerprint density at radius 1 is 1.47 bits per heavy atom. The van der Waals surface area contributed by atoms with Crippen LogP contribution in [-0.2, 0) is 20.5 Å². The van der Waals surface area contributed by atoms with Gasteiger partial charge < -0.3 is 4.84 Å². The van der Waals surface area contributed by atoms with Gasteiger partial charge in [-0.2, -0.15) is 14.7 Å². The zero-order valence-electron chi connectivity index (χ0n) is 10.3. The molecular weight excluding hydrogens is 272 g/mol. The monoisotopic (exact) mass is 284 g/mol. The number of hydrogen-bond donors (Lipinski definition) is 1. The molecule has 0 heterocycles. The van der Waals surface area contributed by atoms with Crippen molar-refractivity contribution in [2.75, 3.05) is 7.11 Å². The predicted molar refractivity (Wildman–Crippen MR) is 67.9 cm³/mol. The van der Waals surface area contributed by atoms with Gasteiger partial charge in [0.05, 0.1) is 0 Å². The van der Waals surface area contributed by atoms with Crippen LogP contribution < -0.4 is 0 Å². The van der Waals surface area contributed by atoms with E-state index in [1.165, 1.54) is 13.2 Å². The van der Waals surface area contributed by atoms with Gasteiger partial charge in [0.2, 0.25) is 0 Å². The SMILES string of the molecule is CON=C(C#N)/C=C/C(C)CC(C#N)=NOS(=O)O. The first-order valence-electron chi connectivity index (χ1n) is 4.98. The van der Waals surface area contributed by atoms with Gasteiger partial charge in [0.15, 0.2) is 11.4 Å². The minimum Gasteiger partial charge on any atom is -0.398 e. The van der Waals surface area contributed by atoms with Gasteiger partial charge in [-0.3, -0.25) is 8.84 Å². The third-order valence-electron chi connectivity index (χ3n) is 1.74. The number of hydrogen-bond acceptors (Lipinski definition) is 7. The molecule has 0 rings (SSSR count). The fourth-order valence-corrected chi connectivity index (χ4v) is 1.15. The Morgan fingerprint density at radius 3 is 2.63 bits per heavy atom. The maximum absolute atomic E-state index is 10.2. The minimum absolute atomic E-state index is 0.0401. The van der Waals surface area contributed by atoms with Crippen LogP contribution in [-0.4, -0.2) is 27.3 Å². The molecule has 0 fully saturated rings. The average molecular weight is 284 g/mol. The van der Waals surface area contributed by atoms with Crippen LogP contribution in [0.2, 0.25) is 0 Å². The number of nitrogens with zero attached hydrogens (tertiary/aromatic N) is 4. The summed E-state index contributed by atoms with van der Waals surface area (Å²) in [7, 11) is 1.32. The van der Waals surface area contributed by atoms with Gasteiger partial charge in [0, 0.05) is 6.42 Å². The van der Waals surface area contributed by atoms with Crippen molar-refractivity contribution in [1.29, 1.82) is 10.5 Å². The lowest BCUT2D eigenvalue weighted by atomic mass is 10.0. The first-order valence-corrected chi connectivity index (χ1v) is 6.01. The molecule has 0 aromatic carbocycles. The second-order valence-corrected chi connectivity index (χ2v) is 3.84. The van der Waals surface area contributed by atoms with E-state index in [-0.39, 0.29) is 23.8 Å². The molecule has 0 spiro atoms. The van der Waals surface area contributed by atoms with E-state index in [2.05, 4.69) is 19.4 Å². The van der Waals surface area contributed by atoms with Crippen LogP contribution in [0, 0.1) is 28.6 Å². The zero-order valence-corrected chi connectivity index (χ0v) is 11.1. The van der Waals surface area contributed by atoms with Crippen molar-refractivity contribution in [2.45, 2.75) is 13.3 Å². The third-order valence-corrected chi connectivity index (χ3v) is 1.94. The molecule has 19 heavy (non-hydrogen) atoms.